The summed E-state index contributed by atoms with van der Waals surface area (Å²) in [6.07, 6.45) is 2.84. The first-order valence-corrected chi connectivity index (χ1v) is 13.0. The van der Waals surface area contributed by atoms with Crippen molar-refractivity contribution in [2.45, 2.75) is 19.3 Å². The van der Waals surface area contributed by atoms with Crippen LogP contribution in [0.15, 0.2) is 78.9 Å². The van der Waals surface area contributed by atoms with Crippen LogP contribution in [-0.4, -0.2) is 36.1 Å². The number of imide groups is 1. The van der Waals surface area contributed by atoms with Crippen molar-refractivity contribution in [3.05, 3.63) is 95.6 Å². The van der Waals surface area contributed by atoms with Gasteiger partial charge in [0.15, 0.2) is 12.4 Å². The maximum atomic E-state index is 13.3. The fourth-order valence-electron chi connectivity index (χ4n) is 6.23. The number of ether oxygens (including phenoxy) is 2. The number of carbonyl (C=O) groups excluding carboxylic acids is 5. The van der Waals surface area contributed by atoms with Gasteiger partial charge in [-0.25, -0.2) is 14.5 Å². The third-order valence-corrected chi connectivity index (χ3v) is 8.02. The quantitative estimate of drug-likeness (QED) is 0.195. The number of nitrogens with zero attached hydrogens (tertiary/aromatic N) is 1. The normalized spacial score (nSPS) is 23.0. The summed E-state index contributed by atoms with van der Waals surface area (Å²) in [5.41, 5.74) is 0.923. The molecular formula is C31H25NO7. The van der Waals surface area contributed by atoms with E-state index in [1.165, 1.54) is 30.3 Å². The average molecular weight is 524 g/mol. The Labute approximate surface area is 224 Å². The summed E-state index contributed by atoms with van der Waals surface area (Å²) in [5.74, 6) is -2.16. The monoisotopic (exact) mass is 523 g/mol. The number of para-hydroxylation sites is 1. The van der Waals surface area contributed by atoms with Gasteiger partial charge in [0, 0.05) is 5.56 Å². The molecule has 196 valence electrons. The number of ketones is 1. The van der Waals surface area contributed by atoms with Crippen LogP contribution in [0, 0.1) is 23.7 Å². The van der Waals surface area contributed by atoms with Crippen LogP contribution < -0.4 is 9.64 Å². The third kappa shape index (κ3) is 4.41. The van der Waals surface area contributed by atoms with E-state index in [1.807, 2.05) is 0 Å². The number of hydrogen-bond acceptors (Lipinski definition) is 7. The lowest BCUT2D eigenvalue weighted by Crippen LogP contribution is -2.34. The Morgan fingerprint density at radius 3 is 2.00 bits per heavy atom. The van der Waals surface area contributed by atoms with Gasteiger partial charge in [0.05, 0.1) is 28.7 Å². The van der Waals surface area contributed by atoms with Crippen molar-refractivity contribution in [2.75, 3.05) is 11.5 Å². The van der Waals surface area contributed by atoms with Crippen LogP contribution in [-0.2, 0) is 14.3 Å². The molecule has 0 N–H and O–H groups in total. The van der Waals surface area contributed by atoms with Gasteiger partial charge in [0.1, 0.15) is 5.75 Å². The molecule has 4 atom stereocenters. The number of amides is 2. The van der Waals surface area contributed by atoms with Crippen molar-refractivity contribution >= 4 is 35.2 Å². The van der Waals surface area contributed by atoms with Crippen molar-refractivity contribution < 1.29 is 33.4 Å². The predicted octanol–water partition coefficient (Wildman–Crippen LogP) is 4.48. The Morgan fingerprint density at radius 2 is 1.33 bits per heavy atom. The van der Waals surface area contributed by atoms with Crippen LogP contribution in [0.2, 0.25) is 0 Å². The highest BCUT2D eigenvalue weighted by Crippen LogP contribution is 2.56. The minimum absolute atomic E-state index is 0.0579. The summed E-state index contributed by atoms with van der Waals surface area (Å²) in [5, 5.41) is 0. The molecule has 8 heteroatoms. The van der Waals surface area contributed by atoms with E-state index in [1.54, 1.807) is 48.5 Å². The highest BCUT2D eigenvalue weighted by atomic mass is 16.5. The molecule has 0 radical (unpaired) electrons. The first kappa shape index (κ1) is 24.7. The molecule has 2 amide bonds. The third-order valence-electron chi connectivity index (χ3n) is 8.02. The van der Waals surface area contributed by atoms with Gasteiger partial charge < -0.3 is 9.47 Å². The summed E-state index contributed by atoms with van der Waals surface area (Å²) in [7, 11) is 0. The molecule has 3 aliphatic rings. The Hall–Kier alpha value is -4.59. The summed E-state index contributed by atoms with van der Waals surface area (Å²) in [6.45, 7) is -0.534. The van der Waals surface area contributed by atoms with E-state index >= 15 is 0 Å². The highest BCUT2D eigenvalue weighted by Gasteiger charge is 2.61. The minimum atomic E-state index is -0.798. The molecule has 0 spiro atoms. The smallest absolute Gasteiger partial charge is 0.343 e. The molecule has 2 saturated carbocycles. The van der Waals surface area contributed by atoms with Gasteiger partial charge in [-0.15, -0.1) is 0 Å². The van der Waals surface area contributed by atoms with E-state index in [4.69, 9.17) is 9.47 Å². The first-order valence-electron chi connectivity index (χ1n) is 13.0. The second-order valence-corrected chi connectivity index (χ2v) is 10.2. The Kier molecular flexibility index (Phi) is 6.30. The van der Waals surface area contributed by atoms with Crippen molar-refractivity contribution in [3.8, 4) is 5.75 Å². The number of Topliss-reactive ketones (excluding diaryl/α,β-unsaturated/α-hetero) is 1. The lowest BCUT2D eigenvalue weighted by atomic mass is 9.81. The number of fused-ring (bicyclic) bond motifs is 5. The molecule has 2 bridgehead atoms. The van der Waals surface area contributed by atoms with E-state index in [9.17, 15) is 24.0 Å². The van der Waals surface area contributed by atoms with Gasteiger partial charge in [-0.2, -0.15) is 0 Å². The van der Waals surface area contributed by atoms with Crippen molar-refractivity contribution in [3.63, 3.8) is 0 Å². The minimum Gasteiger partial charge on any atom is -0.454 e. The summed E-state index contributed by atoms with van der Waals surface area (Å²) in [6, 6.07) is 20.8. The molecule has 1 aliphatic heterocycles. The number of rotatable bonds is 7. The van der Waals surface area contributed by atoms with E-state index in [-0.39, 0.29) is 58.0 Å². The lowest BCUT2D eigenvalue weighted by molar-refractivity contribution is -0.123. The van der Waals surface area contributed by atoms with Crippen molar-refractivity contribution in [1.82, 2.24) is 0 Å². The van der Waals surface area contributed by atoms with Gasteiger partial charge >= 0.3 is 11.9 Å². The molecule has 1 saturated heterocycles. The lowest BCUT2D eigenvalue weighted by Gasteiger charge is -2.19. The van der Waals surface area contributed by atoms with E-state index in [0.29, 0.717) is 5.56 Å². The molecule has 6 rings (SSSR count). The largest absolute Gasteiger partial charge is 0.454 e. The maximum absolute atomic E-state index is 13.3. The molecule has 3 fully saturated rings. The Morgan fingerprint density at radius 1 is 0.718 bits per heavy atom. The van der Waals surface area contributed by atoms with Crippen molar-refractivity contribution in [2.24, 2.45) is 23.7 Å². The van der Waals surface area contributed by atoms with Crippen LogP contribution in [0.1, 0.15) is 50.3 Å². The Bertz CT molecular complexity index is 1450. The van der Waals surface area contributed by atoms with Crippen LogP contribution in [0.5, 0.6) is 5.75 Å². The molecule has 1 heterocycles. The van der Waals surface area contributed by atoms with Gasteiger partial charge in [0.2, 0.25) is 11.8 Å². The number of benzene rings is 3. The average Bonchev–Trinajstić information content (AvgIpc) is 3.66. The number of carbonyl (C=O) groups is 5. The first-order chi connectivity index (χ1) is 18.9. The molecule has 0 aromatic heterocycles. The predicted molar refractivity (Wildman–Crippen MR) is 139 cm³/mol. The van der Waals surface area contributed by atoms with Gasteiger partial charge in [-0.05, 0) is 79.6 Å². The van der Waals surface area contributed by atoms with Crippen LogP contribution in [0.3, 0.4) is 0 Å². The van der Waals surface area contributed by atoms with Gasteiger partial charge in [0.25, 0.3) is 0 Å². The molecule has 39 heavy (non-hydrogen) atoms. The zero-order valence-electron chi connectivity index (χ0n) is 20.9. The zero-order chi connectivity index (χ0) is 27.1. The topological polar surface area (TPSA) is 107 Å². The van der Waals surface area contributed by atoms with Gasteiger partial charge in [-0.1, -0.05) is 30.3 Å². The molecular weight excluding hydrogens is 498 g/mol. The zero-order valence-corrected chi connectivity index (χ0v) is 20.9. The molecule has 4 unspecified atom stereocenters. The van der Waals surface area contributed by atoms with Crippen LogP contribution in [0.25, 0.3) is 0 Å². The van der Waals surface area contributed by atoms with Gasteiger partial charge in [-0.3, -0.25) is 14.4 Å². The second-order valence-electron chi connectivity index (χ2n) is 10.2. The van der Waals surface area contributed by atoms with Crippen LogP contribution in [0.4, 0.5) is 5.69 Å². The van der Waals surface area contributed by atoms with E-state index in [2.05, 4.69) is 0 Å². The Balaban J connectivity index is 1.11. The summed E-state index contributed by atoms with van der Waals surface area (Å²) < 4.78 is 10.6. The second kappa shape index (κ2) is 9.94. The standard InChI is InChI=1S/C31H25NO7/c33-25(18-12-14-22(15-13-18)39-30(36)19-6-2-1-3-7-19)17-38-31(37)23-8-4-5-9-24(23)32-28(34)26-20-10-11-21(16-20)27(26)29(32)35/h1-9,12-15,20-21,26-27H,10-11,16-17H2. The highest BCUT2D eigenvalue weighted by molar-refractivity contribution is 6.24. The SMILES string of the molecule is O=C(COC(=O)c1ccccc1N1C(=O)C2C3CCC(C3)C2C1=O)c1ccc(OC(=O)c2ccccc2)cc1. The molecule has 3 aromatic carbocycles. The number of esters is 2. The molecule has 2 aliphatic carbocycles. The summed E-state index contributed by atoms with van der Waals surface area (Å²) >= 11 is 0. The fraction of sp³-hybridized carbons (Fsp3) is 0.258. The van der Waals surface area contributed by atoms with E-state index < -0.39 is 24.3 Å². The number of hydrogen-bond donors (Lipinski definition) is 0. The number of anilines is 1. The maximum Gasteiger partial charge on any atom is 0.343 e. The summed E-state index contributed by atoms with van der Waals surface area (Å²) in [4.78, 5) is 65.5. The molecule has 8 nitrogen and oxygen atoms in total. The fourth-order valence-corrected chi connectivity index (χ4v) is 6.23. The van der Waals surface area contributed by atoms with E-state index in [0.717, 1.165) is 24.2 Å². The van der Waals surface area contributed by atoms with Crippen molar-refractivity contribution in [1.29, 1.82) is 0 Å². The molecule has 3 aromatic rings. The van der Waals surface area contributed by atoms with Crippen LogP contribution >= 0.6 is 0 Å².